The molecule has 3 nitrogen and oxygen atoms in total. The van der Waals surface area contributed by atoms with Gasteiger partial charge in [-0.1, -0.05) is 6.07 Å². The molecule has 1 rings (SSSR count). The molecule has 0 heterocycles. The van der Waals surface area contributed by atoms with Crippen molar-refractivity contribution < 1.29 is 14.6 Å². The lowest BCUT2D eigenvalue weighted by molar-refractivity contribution is -0.00227. The van der Waals surface area contributed by atoms with Crippen LogP contribution in [0.1, 0.15) is 12.5 Å². The SMILES string of the molecule is CC(O)(CO)c1ccc(F)c(N)c1. The highest BCUT2D eigenvalue weighted by Crippen LogP contribution is 2.23. The molecule has 0 aliphatic carbocycles. The second-order valence-electron chi connectivity index (χ2n) is 3.17. The number of aliphatic hydroxyl groups is 2. The lowest BCUT2D eigenvalue weighted by Gasteiger charge is -2.21. The van der Waals surface area contributed by atoms with Crippen molar-refractivity contribution in [3.05, 3.63) is 29.6 Å². The Morgan fingerprint density at radius 2 is 2.15 bits per heavy atom. The summed E-state index contributed by atoms with van der Waals surface area (Å²) in [6, 6.07) is 3.86. The molecule has 13 heavy (non-hydrogen) atoms. The molecular weight excluding hydrogens is 173 g/mol. The van der Waals surface area contributed by atoms with E-state index in [1.807, 2.05) is 0 Å². The second kappa shape index (κ2) is 3.32. The van der Waals surface area contributed by atoms with Crippen LogP contribution < -0.4 is 5.73 Å². The van der Waals surface area contributed by atoms with Crippen molar-refractivity contribution in [2.45, 2.75) is 12.5 Å². The summed E-state index contributed by atoms with van der Waals surface area (Å²) < 4.78 is 12.7. The van der Waals surface area contributed by atoms with E-state index in [0.717, 1.165) is 6.07 Å². The monoisotopic (exact) mass is 185 g/mol. The highest BCUT2D eigenvalue weighted by Gasteiger charge is 2.22. The number of nitrogen functional groups attached to an aromatic ring is 1. The third-order valence-electron chi connectivity index (χ3n) is 1.93. The summed E-state index contributed by atoms with van der Waals surface area (Å²) in [5.41, 5.74) is 4.29. The standard InChI is InChI=1S/C9H12FNO2/c1-9(13,5-12)6-2-3-7(10)8(11)4-6/h2-4,12-13H,5,11H2,1H3. The van der Waals surface area contributed by atoms with E-state index in [4.69, 9.17) is 10.8 Å². The fraction of sp³-hybridized carbons (Fsp3) is 0.333. The van der Waals surface area contributed by atoms with Crippen LogP contribution in [0.5, 0.6) is 0 Å². The van der Waals surface area contributed by atoms with Crippen LogP contribution in [0.4, 0.5) is 10.1 Å². The van der Waals surface area contributed by atoms with Crippen molar-refractivity contribution in [1.82, 2.24) is 0 Å². The maximum atomic E-state index is 12.7. The molecule has 1 aromatic carbocycles. The minimum atomic E-state index is -1.37. The smallest absolute Gasteiger partial charge is 0.146 e. The van der Waals surface area contributed by atoms with Gasteiger partial charge in [-0.15, -0.1) is 0 Å². The zero-order chi connectivity index (χ0) is 10.1. The molecule has 0 saturated carbocycles. The summed E-state index contributed by atoms with van der Waals surface area (Å²) in [4.78, 5) is 0. The van der Waals surface area contributed by atoms with Crippen LogP contribution in [0.15, 0.2) is 18.2 Å². The van der Waals surface area contributed by atoms with Gasteiger partial charge in [0.15, 0.2) is 0 Å². The first kappa shape index (κ1) is 9.95. The molecule has 1 unspecified atom stereocenters. The van der Waals surface area contributed by atoms with Gasteiger partial charge in [-0.25, -0.2) is 4.39 Å². The summed E-state index contributed by atoms with van der Waals surface area (Å²) >= 11 is 0. The maximum absolute atomic E-state index is 12.7. The highest BCUT2D eigenvalue weighted by atomic mass is 19.1. The van der Waals surface area contributed by atoms with Crippen LogP contribution in [-0.4, -0.2) is 16.8 Å². The summed E-state index contributed by atoms with van der Waals surface area (Å²) in [6.07, 6.45) is 0. The predicted molar refractivity (Wildman–Crippen MR) is 47.5 cm³/mol. The largest absolute Gasteiger partial charge is 0.396 e. The molecule has 0 amide bonds. The third kappa shape index (κ3) is 1.96. The number of rotatable bonds is 2. The van der Waals surface area contributed by atoms with Gasteiger partial charge in [0.25, 0.3) is 0 Å². The Kier molecular flexibility index (Phi) is 2.54. The van der Waals surface area contributed by atoms with E-state index in [0.29, 0.717) is 5.56 Å². The lowest BCUT2D eigenvalue weighted by atomic mass is 9.96. The third-order valence-corrected chi connectivity index (χ3v) is 1.93. The van der Waals surface area contributed by atoms with Crippen LogP contribution in [0, 0.1) is 5.82 Å². The Bertz CT molecular complexity index is 312. The lowest BCUT2D eigenvalue weighted by Crippen LogP contribution is -2.25. The van der Waals surface area contributed by atoms with E-state index in [1.165, 1.54) is 19.1 Å². The molecule has 0 bridgehead atoms. The Labute approximate surface area is 75.6 Å². The first-order valence-electron chi connectivity index (χ1n) is 3.86. The van der Waals surface area contributed by atoms with Crippen LogP contribution in [0.2, 0.25) is 0 Å². The van der Waals surface area contributed by atoms with Gasteiger partial charge in [-0.2, -0.15) is 0 Å². The number of anilines is 1. The summed E-state index contributed by atoms with van der Waals surface area (Å²) in [5.74, 6) is -0.530. The second-order valence-corrected chi connectivity index (χ2v) is 3.17. The van der Waals surface area contributed by atoms with Gasteiger partial charge >= 0.3 is 0 Å². The summed E-state index contributed by atoms with van der Waals surface area (Å²) in [5, 5.41) is 18.4. The van der Waals surface area contributed by atoms with Crippen molar-refractivity contribution in [3.8, 4) is 0 Å². The van der Waals surface area contributed by atoms with Gasteiger partial charge in [0.1, 0.15) is 11.4 Å². The molecule has 0 aliphatic rings. The number of aliphatic hydroxyl groups excluding tert-OH is 1. The zero-order valence-electron chi connectivity index (χ0n) is 7.29. The normalized spacial score (nSPS) is 15.4. The van der Waals surface area contributed by atoms with Crippen molar-refractivity contribution in [2.24, 2.45) is 0 Å². The van der Waals surface area contributed by atoms with E-state index in [-0.39, 0.29) is 5.69 Å². The topological polar surface area (TPSA) is 66.5 Å². The van der Waals surface area contributed by atoms with E-state index in [2.05, 4.69) is 0 Å². The van der Waals surface area contributed by atoms with E-state index >= 15 is 0 Å². The molecule has 1 atom stereocenters. The van der Waals surface area contributed by atoms with Crippen molar-refractivity contribution in [2.75, 3.05) is 12.3 Å². The molecule has 0 fully saturated rings. The van der Waals surface area contributed by atoms with Gasteiger partial charge in [-0.05, 0) is 24.6 Å². The van der Waals surface area contributed by atoms with Crippen molar-refractivity contribution in [3.63, 3.8) is 0 Å². The minimum Gasteiger partial charge on any atom is -0.396 e. The van der Waals surface area contributed by atoms with Gasteiger partial charge in [0.05, 0.1) is 12.3 Å². The molecule has 0 aliphatic heterocycles. The quantitative estimate of drug-likeness (QED) is 0.591. The molecule has 1 aromatic rings. The van der Waals surface area contributed by atoms with Crippen LogP contribution in [0.3, 0.4) is 0 Å². The molecule has 0 radical (unpaired) electrons. The Morgan fingerprint density at radius 1 is 1.54 bits per heavy atom. The zero-order valence-corrected chi connectivity index (χ0v) is 7.29. The maximum Gasteiger partial charge on any atom is 0.146 e. The van der Waals surface area contributed by atoms with Gasteiger partial charge in [-0.3, -0.25) is 0 Å². The fourth-order valence-corrected chi connectivity index (χ4v) is 0.970. The van der Waals surface area contributed by atoms with Crippen LogP contribution in [-0.2, 0) is 5.60 Å². The number of halogens is 1. The molecule has 0 saturated heterocycles. The number of nitrogens with two attached hydrogens (primary N) is 1. The first-order valence-corrected chi connectivity index (χ1v) is 3.86. The van der Waals surface area contributed by atoms with Gasteiger partial charge in [0.2, 0.25) is 0 Å². The van der Waals surface area contributed by atoms with Crippen LogP contribution in [0.25, 0.3) is 0 Å². The number of benzene rings is 1. The Balaban J connectivity index is 3.10. The number of hydrogen-bond donors (Lipinski definition) is 3. The average Bonchev–Trinajstić information content (AvgIpc) is 2.09. The van der Waals surface area contributed by atoms with E-state index in [1.54, 1.807) is 0 Å². The molecule has 0 aromatic heterocycles. The van der Waals surface area contributed by atoms with Crippen molar-refractivity contribution >= 4 is 5.69 Å². The molecule has 4 heteroatoms. The Morgan fingerprint density at radius 3 is 2.62 bits per heavy atom. The molecular formula is C9H12FNO2. The first-order chi connectivity index (χ1) is 5.97. The molecule has 72 valence electrons. The number of hydrogen-bond acceptors (Lipinski definition) is 3. The van der Waals surface area contributed by atoms with E-state index in [9.17, 15) is 9.50 Å². The minimum absolute atomic E-state index is 0.0359. The van der Waals surface area contributed by atoms with Crippen LogP contribution >= 0.6 is 0 Å². The molecule has 0 spiro atoms. The Hall–Kier alpha value is -1.13. The highest BCUT2D eigenvalue weighted by molar-refractivity contribution is 5.44. The summed E-state index contributed by atoms with van der Waals surface area (Å²) in [7, 11) is 0. The van der Waals surface area contributed by atoms with Gasteiger partial charge < -0.3 is 15.9 Å². The summed E-state index contributed by atoms with van der Waals surface area (Å²) in [6.45, 7) is 0.998. The predicted octanol–water partition coefficient (Wildman–Crippen LogP) is 0.608. The van der Waals surface area contributed by atoms with E-state index < -0.39 is 18.0 Å². The van der Waals surface area contributed by atoms with Gasteiger partial charge in [0, 0.05) is 0 Å². The fourth-order valence-electron chi connectivity index (χ4n) is 0.970. The molecule has 4 N–H and O–H groups in total. The van der Waals surface area contributed by atoms with Crippen molar-refractivity contribution in [1.29, 1.82) is 0 Å². The average molecular weight is 185 g/mol.